The Hall–Kier alpha value is -3.41. The van der Waals surface area contributed by atoms with E-state index in [0.717, 1.165) is 49.8 Å². The number of primary amides is 1. The highest BCUT2D eigenvalue weighted by molar-refractivity contribution is 6.03. The lowest BCUT2D eigenvalue weighted by atomic mass is 9.98. The molecule has 42 heavy (non-hydrogen) atoms. The fraction of sp³-hybridized carbons (Fsp3) is 0.581. The number of aryl methyl sites for hydroxylation is 1. The first-order chi connectivity index (χ1) is 20.2. The minimum absolute atomic E-state index is 0.0266. The molecule has 0 fully saturated rings. The average Bonchev–Trinajstić information content (AvgIpc) is 2.94. The number of anilines is 1. The third-order valence-corrected chi connectivity index (χ3v) is 7.18. The zero-order valence-electron chi connectivity index (χ0n) is 25.6. The molecule has 1 heterocycles. The molecular formula is C31H48N4O7. The van der Waals surface area contributed by atoms with E-state index < -0.39 is 24.4 Å². The Labute approximate surface area is 249 Å². The smallest absolute Gasteiger partial charge is 0.412 e. The molecule has 0 saturated heterocycles. The molecular weight excluding hydrogens is 540 g/mol. The van der Waals surface area contributed by atoms with Gasteiger partial charge in [0.25, 0.3) is 5.91 Å². The van der Waals surface area contributed by atoms with Crippen LogP contribution in [-0.4, -0.2) is 70.8 Å². The van der Waals surface area contributed by atoms with Crippen molar-refractivity contribution in [3.8, 4) is 5.75 Å². The summed E-state index contributed by atoms with van der Waals surface area (Å²) in [5, 5.41) is 8.71. The van der Waals surface area contributed by atoms with Crippen molar-refractivity contribution in [1.29, 1.82) is 0 Å². The summed E-state index contributed by atoms with van der Waals surface area (Å²) in [6.07, 6.45) is 7.03. The number of carbonyl (C=O) groups excluding carboxylic acids is 3. The molecule has 3 atom stereocenters. The number of hydrogen-bond acceptors (Lipinski definition) is 8. The molecule has 0 unspecified atom stereocenters. The normalized spacial score (nSPS) is 23.5. The maximum Gasteiger partial charge on any atom is 0.412 e. The number of allylic oxidation sites excluding steroid dienone is 2. The fourth-order valence-corrected chi connectivity index (χ4v) is 4.83. The van der Waals surface area contributed by atoms with Gasteiger partial charge >= 0.3 is 12.2 Å². The van der Waals surface area contributed by atoms with Crippen LogP contribution in [0.5, 0.6) is 5.75 Å². The molecule has 2 rings (SSSR count). The molecule has 3 amide bonds. The Balaban J connectivity index is 2.30. The zero-order valence-corrected chi connectivity index (χ0v) is 25.6. The number of nitrogens with two attached hydrogens (primary N) is 1. The van der Waals surface area contributed by atoms with E-state index in [4.69, 9.17) is 24.7 Å². The summed E-state index contributed by atoms with van der Waals surface area (Å²) in [7, 11) is 5.11. The van der Waals surface area contributed by atoms with Crippen molar-refractivity contribution in [3.63, 3.8) is 0 Å². The summed E-state index contributed by atoms with van der Waals surface area (Å²) in [4.78, 5) is 37.1. The number of fused-ring (bicyclic) bond motifs is 2. The topological polar surface area (TPSA) is 150 Å². The molecule has 1 aliphatic rings. The SMILES string of the molecule is CNCCCNC(=O)Oc1cc2cc(c1)NC(=O)/C(C)=C/CC[C@H](OC)[C@@H](OC(N)=O)/C(C)=C/CC[C@@H](OC)CCC2. The van der Waals surface area contributed by atoms with E-state index in [9.17, 15) is 14.4 Å². The van der Waals surface area contributed by atoms with Crippen molar-refractivity contribution in [3.05, 3.63) is 47.1 Å². The second-order valence-electron chi connectivity index (χ2n) is 10.5. The van der Waals surface area contributed by atoms with Gasteiger partial charge in [-0.05, 0) is 102 Å². The molecule has 234 valence electrons. The Morgan fingerprint density at radius 3 is 2.48 bits per heavy atom. The first kappa shape index (κ1) is 34.8. The first-order valence-electron chi connectivity index (χ1n) is 14.6. The lowest BCUT2D eigenvalue weighted by molar-refractivity contribution is -0.112. The largest absolute Gasteiger partial charge is 0.439 e. The first-order valence-corrected chi connectivity index (χ1v) is 14.6. The quantitative estimate of drug-likeness (QED) is 0.254. The van der Waals surface area contributed by atoms with Crippen molar-refractivity contribution >= 4 is 23.8 Å². The molecule has 5 N–H and O–H groups in total. The van der Waals surface area contributed by atoms with Gasteiger partial charge < -0.3 is 40.6 Å². The summed E-state index contributed by atoms with van der Waals surface area (Å²) < 4.78 is 22.4. The minimum atomic E-state index is -0.870. The van der Waals surface area contributed by atoms with Gasteiger partial charge in [-0.25, -0.2) is 9.59 Å². The number of carbonyl (C=O) groups is 3. The standard InChI is InChI=1S/C31H48N4O7/c1-21-10-6-13-25(39-4)14-8-12-23-18-24(20-26(19-23)41-31(38)34-17-9-16-33-3)35-29(36)22(2)11-7-15-27(40-5)28(21)42-30(32)37/h10-11,18-20,25,27-28,33H,6-9,12-17H2,1-5H3,(H2,32,37)(H,34,38)(H,35,36)/b21-10+,22-11+/t25-,27+,28+/m1/s1. The van der Waals surface area contributed by atoms with E-state index in [2.05, 4.69) is 16.0 Å². The summed E-state index contributed by atoms with van der Waals surface area (Å²) >= 11 is 0. The van der Waals surface area contributed by atoms with E-state index in [0.29, 0.717) is 42.8 Å². The van der Waals surface area contributed by atoms with Gasteiger partial charge in [-0.1, -0.05) is 12.2 Å². The van der Waals surface area contributed by atoms with Crippen LogP contribution in [0.2, 0.25) is 0 Å². The summed E-state index contributed by atoms with van der Waals surface area (Å²) in [6.45, 7) is 4.89. The van der Waals surface area contributed by atoms with E-state index in [1.807, 2.05) is 38.3 Å². The van der Waals surface area contributed by atoms with Crippen LogP contribution in [0.4, 0.5) is 15.3 Å². The Bertz CT molecular complexity index is 1090. The van der Waals surface area contributed by atoms with Crippen LogP contribution < -0.4 is 26.4 Å². The second-order valence-corrected chi connectivity index (χ2v) is 10.5. The monoisotopic (exact) mass is 588 g/mol. The lowest BCUT2D eigenvalue weighted by Gasteiger charge is -2.26. The zero-order chi connectivity index (χ0) is 30.9. The van der Waals surface area contributed by atoms with Crippen LogP contribution in [0.3, 0.4) is 0 Å². The number of rotatable bonds is 8. The molecule has 11 nitrogen and oxygen atoms in total. The minimum Gasteiger partial charge on any atom is -0.439 e. The summed E-state index contributed by atoms with van der Waals surface area (Å²) in [5.74, 6) is 0.0794. The predicted octanol–water partition coefficient (Wildman–Crippen LogP) is 4.61. The number of ether oxygens (including phenoxy) is 4. The van der Waals surface area contributed by atoms with E-state index in [1.54, 1.807) is 27.2 Å². The van der Waals surface area contributed by atoms with Crippen molar-refractivity contribution in [2.75, 3.05) is 39.7 Å². The maximum atomic E-state index is 13.0. The van der Waals surface area contributed by atoms with Gasteiger partial charge in [0, 0.05) is 38.1 Å². The number of nitrogens with one attached hydrogen (secondary N) is 3. The number of amides is 3. The Morgan fingerprint density at radius 2 is 1.79 bits per heavy atom. The Morgan fingerprint density at radius 1 is 1.02 bits per heavy atom. The van der Waals surface area contributed by atoms with Gasteiger partial charge in [0.15, 0.2) is 6.10 Å². The lowest BCUT2D eigenvalue weighted by Crippen LogP contribution is -2.35. The van der Waals surface area contributed by atoms with Crippen LogP contribution >= 0.6 is 0 Å². The highest BCUT2D eigenvalue weighted by Gasteiger charge is 2.26. The van der Waals surface area contributed by atoms with Crippen molar-refractivity contribution in [2.45, 2.75) is 83.5 Å². The predicted molar refractivity (Wildman–Crippen MR) is 163 cm³/mol. The summed E-state index contributed by atoms with van der Waals surface area (Å²) in [6, 6.07) is 5.37. The molecule has 1 aliphatic heterocycles. The van der Waals surface area contributed by atoms with Crippen molar-refractivity contribution < 1.29 is 33.3 Å². The van der Waals surface area contributed by atoms with Crippen molar-refractivity contribution in [1.82, 2.24) is 10.6 Å². The van der Waals surface area contributed by atoms with E-state index >= 15 is 0 Å². The fourth-order valence-electron chi connectivity index (χ4n) is 4.83. The molecule has 0 aromatic heterocycles. The molecule has 11 heteroatoms. The van der Waals surface area contributed by atoms with E-state index in [1.165, 1.54) is 0 Å². The molecule has 0 spiro atoms. The highest BCUT2D eigenvalue weighted by Crippen LogP contribution is 2.25. The average molecular weight is 589 g/mol. The van der Waals surface area contributed by atoms with Crippen LogP contribution in [0, 0.1) is 0 Å². The molecule has 1 aromatic rings. The van der Waals surface area contributed by atoms with Crippen molar-refractivity contribution in [2.24, 2.45) is 5.73 Å². The highest BCUT2D eigenvalue weighted by atomic mass is 16.6. The van der Waals surface area contributed by atoms with Gasteiger partial charge in [0.1, 0.15) is 5.75 Å². The van der Waals surface area contributed by atoms with Gasteiger partial charge in [-0.3, -0.25) is 4.79 Å². The number of benzene rings is 1. The van der Waals surface area contributed by atoms with E-state index in [-0.39, 0.29) is 12.0 Å². The van der Waals surface area contributed by atoms with Gasteiger partial charge in [-0.2, -0.15) is 0 Å². The number of hydrogen-bond donors (Lipinski definition) is 4. The second kappa shape index (κ2) is 18.9. The van der Waals surface area contributed by atoms with Crippen LogP contribution in [0.1, 0.15) is 64.4 Å². The van der Waals surface area contributed by atoms with Crippen LogP contribution in [-0.2, 0) is 25.4 Å². The summed E-state index contributed by atoms with van der Waals surface area (Å²) in [5.41, 5.74) is 8.20. The third-order valence-electron chi connectivity index (χ3n) is 7.18. The Kier molecular flexibility index (Phi) is 15.7. The van der Waals surface area contributed by atoms with Gasteiger partial charge in [0.2, 0.25) is 0 Å². The van der Waals surface area contributed by atoms with Gasteiger partial charge in [-0.15, -0.1) is 0 Å². The van der Waals surface area contributed by atoms with Crippen LogP contribution in [0.15, 0.2) is 41.5 Å². The molecule has 2 bridgehead atoms. The maximum absolute atomic E-state index is 13.0. The van der Waals surface area contributed by atoms with Gasteiger partial charge in [0.05, 0.1) is 12.2 Å². The molecule has 0 saturated carbocycles. The molecule has 1 aromatic carbocycles. The number of methoxy groups -OCH3 is 2. The third kappa shape index (κ3) is 12.6. The molecule has 0 radical (unpaired) electrons. The van der Waals surface area contributed by atoms with Crippen LogP contribution in [0.25, 0.3) is 0 Å². The molecule has 0 aliphatic carbocycles.